The standard InChI is InChI=1S/C15H16FN3S2/c1-10(2)17-9-13-14(18-15-19(13)6-7-20-15)21-12-5-3-4-11(16)8-12/h3-8,10,17H,9H2,1-2H3. The van der Waals surface area contributed by atoms with Crippen molar-refractivity contribution in [3.8, 4) is 0 Å². The molecule has 6 heteroatoms. The third-order valence-corrected chi connectivity index (χ3v) is 4.78. The van der Waals surface area contributed by atoms with Gasteiger partial charge in [-0.05, 0) is 18.2 Å². The molecule has 0 aliphatic carbocycles. The quantitative estimate of drug-likeness (QED) is 0.764. The van der Waals surface area contributed by atoms with Gasteiger partial charge in [-0.3, -0.25) is 4.40 Å². The Balaban J connectivity index is 1.93. The lowest BCUT2D eigenvalue weighted by Crippen LogP contribution is -2.22. The number of hydrogen-bond acceptors (Lipinski definition) is 4. The van der Waals surface area contributed by atoms with Gasteiger partial charge >= 0.3 is 0 Å². The average Bonchev–Trinajstić information content (AvgIpc) is 2.97. The van der Waals surface area contributed by atoms with E-state index < -0.39 is 0 Å². The Morgan fingerprint density at radius 2 is 2.29 bits per heavy atom. The van der Waals surface area contributed by atoms with Gasteiger partial charge in [0, 0.05) is 29.1 Å². The van der Waals surface area contributed by atoms with E-state index in [1.807, 2.05) is 17.6 Å². The second-order valence-corrected chi connectivity index (χ2v) is 6.95. The van der Waals surface area contributed by atoms with Crippen molar-refractivity contribution in [3.05, 3.63) is 47.4 Å². The van der Waals surface area contributed by atoms with E-state index in [0.717, 1.165) is 27.1 Å². The van der Waals surface area contributed by atoms with E-state index in [1.165, 1.54) is 23.9 Å². The molecule has 3 rings (SSSR count). The highest BCUT2D eigenvalue weighted by molar-refractivity contribution is 7.99. The largest absolute Gasteiger partial charge is 0.309 e. The Bertz CT molecular complexity index is 748. The van der Waals surface area contributed by atoms with Crippen LogP contribution in [0.2, 0.25) is 0 Å². The molecule has 2 aromatic heterocycles. The molecule has 0 aliphatic rings. The van der Waals surface area contributed by atoms with Gasteiger partial charge < -0.3 is 5.32 Å². The summed E-state index contributed by atoms with van der Waals surface area (Å²) in [5.41, 5.74) is 1.12. The number of thiazole rings is 1. The molecule has 1 aromatic carbocycles. The first kappa shape index (κ1) is 14.6. The lowest BCUT2D eigenvalue weighted by atomic mass is 10.3. The van der Waals surface area contributed by atoms with Gasteiger partial charge in [0.2, 0.25) is 0 Å². The molecular weight excluding hydrogens is 305 g/mol. The number of imidazole rings is 1. The van der Waals surface area contributed by atoms with Crippen molar-refractivity contribution in [1.82, 2.24) is 14.7 Å². The normalized spacial score (nSPS) is 11.6. The zero-order valence-corrected chi connectivity index (χ0v) is 13.5. The van der Waals surface area contributed by atoms with Crippen LogP contribution in [-0.4, -0.2) is 15.4 Å². The van der Waals surface area contributed by atoms with Crippen molar-refractivity contribution < 1.29 is 4.39 Å². The van der Waals surface area contributed by atoms with Gasteiger partial charge in [0.05, 0.1) is 5.69 Å². The van der Waals surface area contributed by atoms with Crippen molar-refractivity contribution in [3.63, 3.8) is 0 Å². The summed E-state index contributed by atoms with van der Waals surface area (Å²) in [6.07, 6.45) is 2.03. The van der Waals surface area contributed by atoms with Gasteiger partial charge in [-0.2, -0.15) is 0 Å². The summed E-state index contributed by atoms with van der Waals surface area (Å²) >= 11 is 3.11. The molecule has 21 heavy (non-hydrogen) atoms. The Morgan fingerprint density at radius 1 is 1.43 bits per heavy atom. The average molecular weight is 321 g/mol. The van der Waals surface area contributed by atoms with E-state index in [2.05, 4.69) is 28.5 Å². The van der Waals surface area contributed by atoms with Crippen LogP contribution in [-0.2, 0) is 6.54 Å². The van der Waals surface area contributed by atoms with Gasteiger partial charge in [-0.25, -0.2) is 9.37 Å². The summed E-state index contributed by atoms with van der Waals surface area (Å²) in [4.78, 5) is 6.49. The molecule has 0 saturated heterocycles. The first-order valence-corrected chi connectivity index (χ1v) is 8.44. The molecule has 1 N–H and O–H groups in total. The smallest absolute Gasteiger partial charge is 0.194 e. The predicted molar refractivity (Wildman–Crippen MR) is 85.6 cm³/mol. The molecule has 0 bridgehead atoms. The van der Waals surface area contributed by atoms with Crippen LogP contribution in [0.1, 0.15) is 19.5 Å². The number of benzene rings is 1. The summed E-state index contributed by atoms with van der Waals surface area (Å²) < 4.78 is 15.4. The monoisotopic (exact) mass is 321 g/mol. The highest BCUT2D eigenvalue weighted by Gasteiger charge is 2.14. The van der Waals surface area contributed by atoms with Crippen molar-refractivity contribution >= 4 is 28.1 Å². The molecule has 2 heterocycles. The van der Waals surface area contributed by atoms with Crippen LogP contribution >= 0.6 is 23.1 Å². The van der Waals surface area contributed by atoms with E-state index in [-0.39, 0.29) is 5.82 Å². The number of hydrogen-bond donors (Lipinski definition) is 1. The minimum atomic E-state index is -0.220. The van der Waals surface area contributed by atoms with E-state index in [9.17, 15) is 4.39 Å². The number of rotatable bonds is 5. The summed E-state index contributed by atoms with van der Waals surface area (Å²) in [6, 6.07) is 7.03. The molecule has 0 aliphatic heterocycles. The zero-order valence-electron chi connectivity index (χ0n) is 11.8. The Morgan fingerprint density at radius 3 is 3.05 bits per heavy atom. The third kappa shape index (κ3) is 3.28. The Hall–Kier alpha value is -1.37. The third-order valence-electron chi connectivity index (χ3n) is 3.01. The highest BCUT2D eigenvalue weighted by atomic mass is 32.2. The summed E-state index contributed by atoms with van der Waals surface area (Å²) in [5, 5.41) is 6.38. The number of nitrogens with zero attached hydrogens (tertiary/aromatic N) is 2. The first-order valence-electron chi connectivity index (χ1n) is 6.74. The first-order chi connectivity index (χ1) is 10.1. The van der Waals surface area contributed by atoms with Crippen molar-refractivity contribution in [2.45, 2.75) is 36.4 Å². The van der Waals surface area contributed by atoms with Gasteiger partial charge in [0.1, 0.15) is 10.8 Å². The minimum absolute atomic E-state index is 0.220. The SMILES string of the molecule is CC(C)NCc1c(Sc2cccc(F)c2)nc2sccn12. The van der Waals surface area contributed by atoms with Crippen LogP contribution in [0.4, 0.5) is 4.39 Å². The van der Waals surface area contributed by atoms with Gasteiger partial charge in [0.25, 0.3) is 0 Å². The maximum Gasteiger partial charge on any atom is 0.194 e. The van der Waals surface area contributed by atoms with Gasteiger partial charge in [0.15, 0.2) is 4.96 Å². The van der Waals surface area contributed by atoms with Gasteiger partial charge in [-0.15, -0.1) is 11.3 Å². The van der Waals surface area contributed by atoms with E-state index in [4.69, 9.17) is 0 Å². The number of halogens is 1. The molecule has 3 nitrogen and oxygen atoms in total. The van der Waals surface area contributed by atoms with E-state index >= 15 is 0 Å². The molecule has 0 saturated carbocycles. The maximum absolute atomic E-state index is 13.3. The maximum atomic E-state index is 13.3. The number of fused-ring (bicyclic) bond motifs is 1. The lowest BCUT2D eigenvalue weighted by molar-refractivity contribution is 0.574. The summed E-state index contributed by atoms with van der Waals surface area (Å²) in [5.74, 6) is -0.220. The van der Waals surface area contributed by atoms with Crippen LogP contribution in [0, 0.1) is 5.82 Å². The summed E-state index contributed by atoms with van der Waals surface area (Å²) in [7, 11) is 0. The molecule has 0 unspecified atom stereocenters. The molecule has 110 valence electrons. The molecule has 0 fully saturated rings. The fourth-order valence-electron chi connectivity index (χ4n) is 2.00. The van der Waals surface area contributed by atoms with Crippen molar-refractivity contribution in [2.75, 3.05) is 0 Å². The second-order valence-electron chi connectivity index (χ2n) is 5.01. The molecular formula is C15H16FN3S2. The Kier molecular flexibility index (Phi) is 4.28. The Labute approximate surface area is 131 Å². The number of aromatic nitrogens is 2. The molecule has 0 amide bonds. The topological polar surface area (TPSA) is 29.3 Å². The minimum Gasteiger partial charge on any atom is -0.309 e. The fraction of sp³-hybridized carbons (Fsp3) is 0.267. The summed E-state index contributed by atoms with van der Waals surface area (Å²) in [6.45, 7) is 4.98. The fourth-order valence-corrected chi connectivity index (χ4v) is 3.75. The van der Waals surface area contributed by atoms with E-state index in [1.54, 1.807) is 17.4 Å². The van der Waals surface area contributed by atoms with Crippen LogP contribution in [0.3, 0.4) is 0 Å². The molecule has 0 radical (unpaired) electrons. The predicted octanol–water partition coefficient (Wildman–Crippen LogP) is 4.18. The van der Waals surface area contributed by atoms with Crippen molar-refractivity contribution in [1.29, 1.82) is 0 Å². The van der Waals surface area contributed by atoms with Crippen LogP contribution in [0.25, 0.3) is 4.96 Å². The molecule has 3 aromatic rings. The highest BCUT2D eigenvalue weighted by Crippen LogP contribution is 2.32. The number of nitrogens with one attached hydrogen (secondary N) is 1. The lowest BCUT2D eigenvalue weighted by Gasteiger charge is -2.09. The van der Waals surface area contributed by atoms with Crippen LogP contribution in [0.5, 0.6) is 0 Å². The molecule has 0 spiro atoms. The molecule has 0 atom stereocenters. The zero-order chi connectivity index (χ0) is 14.8. The van der Waals surface area contributed by atoms with Gasteiger partial charge in [-0.1, -0.05) is 31.7 Å². The van der Waals surface area contributed by atoms with Crippen molar-refractivity contribution in [2.24, 2.45) is 0 Å². The van der Waals surface area contributed by atoms with E-state index in [0.29, 0.717) is 6.04 Å². The second kappa shape index (κ2) is 6.17. The van der Waals surface area contributed by atoms with Crippen LogP contribution < -0.4 is 5.32 Å². The van der Waals surface area contributed by atoms with Crippen LogP contribution in [0.15, 0.2) is 45.8 Å².